The Bertz CT molecular complexity index is 550. The van der Waals surface area contributed by atoms with Crippen LogP contribution in [0.4, 0.5) is 0 Å². The van der Waals surface area contributed by atoms with E-state index in [0.717, 1.165) is 31.4 Å². The summed E-state index contributed by atoms with van der Waals surface area (Å²) >= 11 is 0. The van der Waals surface area contributed by atoms with Crippen molar-refractivity contribution in [1.29, 1.82) is 0 Å². The SMILES string of the molecule is CC1CCCN(S(=O)(=O)N2CCC(c3ccn[nH]3)CC2)C1. The van der Waals surface area contributed by atoms with E-state index in [9.17, 15) is 8.42 Å². The quantitative estimate of drug-likeness (QED) is 0.921. The summed E-state index contributed by atoms with van der Waals surface area (Å²) in [6.07, 6.45) is 5.60. The number of nitrogens with one attached hydrogen (secondary N) is 1. The Morgan fingerprint density at radius 2 is 1.95 bits per heavy atom. The van der Waals surface area contributed by atoms with E-state index in [1.807, 2.05) is 6.07 Å². The van der Waals surface area contributed by atoms with E-state index in [1.165, 1.54) is 0 Å². The molecule has 2 saturated heterocycles. The van der Waals surface area contributed by atoms with Crippen LogP contribution < -0.4 is 0 Å². The maximum absolute atomic E-state index is 12.7. The van der Waals surface area contributed by atoms with E-state index >= 15 is 0 Å². The van der Waals surface area contributed by atoms with Crippen LogP contribution in [0, 0.1) is 5.92 Å². The van der Waals surface area contributed by atoms with Gasteiger partial charge in [0.1, 0.15) is 0 Å². The second kappa shape index (κ2) is 6.06. The van der Waals surface area contributed by atoms with Crippen LogP contribution in [0.3, 0.4) is 0 Å². The minimum Gasteiger partial charge on any atom is -0.282 e. The van der Waals surface area contributed by atoms with Crippen molar-refractivity contribution in [2.75, 3.05) is 26.2 Å². The molecule has 118 valence electrons. The van der Waals surface area contributed by atoms with Gasteiger partial charge in [-0.05, 0) is 37.7 Å². The van der Waals surface area contributed by atoms with Crippen molar-refractivity contribution >= 4 is 10.2 Å². The van der Waals surface area contributed by atoms with Crippen LogP contribution in [0.15, 0.2) is 12.3 Å². The van der Waals surface area contributed by atoms with E-state index in [0.29, 0.717) is 38.0 Å². The second-order valence-corrected chi connectivity index (χ2v) is 8.23. The number of hydrogen-bond donors (Lipinski definition) is 1. The molecular formula is C14H24N4O2S. The average Bonchev–Trinajstić information content (AvgIpc) is 3.02. The summed E-state index contributed by atoms with van der Waals surface area (Å²) in [5, 5.41) is 6.98. The number of rotatable bonds is 3. The fraction of sp³-hybridized carbons (Fsp3) is 0.786. The first-order valence-electron chi connectivity index (χ1n) is 7.82. The van der Waals surface area contributed by atoms with Gasteiger partial charge in [-0.15, -0.1) is 0 Å². The topological polar surface area (TPSA) is 69.3 Å². The first kappa shape index (κ1) is 15.0. The molecule has 0 bridgehead atoms. The van der Waals surface area contributed by atoms with Crippen molar-refractivity contribution in [3.05, 3.63) is 18.0 Å². The number of aromatic nitrogens is 2. The van der Waals surface area contributed by atoms with E-state index in [1.54, 1.807) is 14.8 Å². The molecule has 0 spiro atoms. The average molecular weight is 312 g/mol. The molecule has 0 aliphatic carbocycles. The number of nitrogens with zero attached hydrogens (tertiary/aromatic N) is 3. The Balaban J connectivity index is 1.63. The Morgan fingerprint density at radius 3 is 2.57 bits per heavy atom. The van der Waals surface area contributed by atoms with Crippen molar-refractivity contribution in [2.24, 2.45) is 5.92 Å². The highest BCUT2D eigenvalue weighted by atomic mass is 32.2. The molecule has 1 aromatic heterocycles. The minimum atomic E-state index is -3.27. The lowest BCUT2D eigenvalue weighted by Crippen LogP contribution is -2.49. The van der Waals surface area contributed by atoms with E-state index < -0.39 is 10.2 Å². The van der Waals surface area contributed by atoms with Crippen LogP contribution in [0.5, 0.6) is 0 Å². The summed E-state index contributed by atoms with van der Waals surface area (Å²) in [7, 11) is -3.27. The maximum Gasteiger partial charge on any atom is 0.281 e. The van der Waals surface area contributed by atoms with E-state index in [4.69, 9.17) is 0 Å². The number of piperidine rings is 2. The molecule has 0 radical (unpaired) electrons. The van der Waals surface area contributed by atoms with Gasteiger partial charge in [0, 0.05) is 44.0 Å². The van der Waals surface area contributed by atoms with Crippen molar-refractivity contribution in [3.63, 3.8) is 0 Å². The van der Waals surface area contributed by atoms with Crippen molar-refractivity contribution < 1.29 is 8.42 Å². The van der Waals surface area contributed by atoms with Crippen LogP contribution in [-0.4, -0.2) is 53.4 Å². The Morgan fingerprint density at radius 1 is 1.19 bits per heavy atom. The van der Waals surface area contributed by atoms with Gasteiger partial charge in [-0.25, -0.2) is 0 Å². The van der Waals surface area contributed by atoms with Crippen molar-refractivity contribution in [2.45, 2.75) is 38.5 Å². The van der Waals surface area contributed by atoms with Gasteiger partial charge in [-0.1, -0.05) is 6.92 Å². The Hall–Kier alpha value is -0.920. The lowest BCUT2D eigenvalue weighted by Gasteiger charge is -2.37. The first-order chi connectivity index (χ1) is 10.1. The van der Waals surface area contributed by atoms with Crippen LogP contribution in [0.2, 0.25) is 0 Å². The van der Waals surface area contributed by atoms with Gasteiger partial charge in [0.05, 0.1) is 0 Å². The van der Waals surface area contributed by atoms with Crippen LogP contribution in [0.25, 0.3) is 0 Å². The molecule has 0 amide bonds. The largest absolute Gasteiger partial charge is 0.282 e. The Kier molecular flexibility index (Phi) is 4.33. The van der Waals surface area contributed by atoms with Gasteiger partial charge in [0.2, 0.25) is 0 Å². The molecule has 21 heavy (non-hydrogen) atoms. The zero-order valence-corrected chi connectivity index (χ0v) is 13.3. The lowest BCUT2D eigenvalue weighted by atomic mass is 9.95. The summed E-state index contributed by atoms with van der Waals surface area (Å²) in [5.74, 6) is 0.871. The lowest BCUT2D eigenvalue weighted by molar-refractivity contribution is 0.241. The summed E-state index contributed by atoms with van der Waals surface area (Å²) in [5.41, 5.74) is 1.12. The second-order valence-electron chi connectivity index (χ2n) is 6.30. The van der Waals surface area contributed by atoms with Crippen molar-refractivity contribution in [1.82, 2.24) is 18.8 Å². The fourth-order valence-corrected chi connectivity index (χ4v) is 5.21. The fourth-order valence-electron chi connectivity index (χ4n) is 3.41. The predicted octanol–water partition coefficient (Wildman–Crippen LogP) is 1.57. The molecule has 6 nitrogen and oxygen atoms in total. The molecule has 1 aromatic rings. The molecule has 1 N–H and O–H groups in total. The molecule has 3 heterocycles. The van der Waals surface area contributed by atoms with E-state index in [2.05, 4.69) is 17.1 Å². The van der Waals surface area contributed by atoms with E-state index in [-0.39, 0.29) is 0 Å². The summed E-state index contributed by atoms with van der Waals surface area (Å²) in [4.78, 5) is 0. The highest BCUT2D eigenvalue weighted by Gasteiger charge is 2.35. The first-order valence-corrected chi connectivity index (χ1v) is 9.21. The third-order valence-corrected chi connectivity index (χ3v) is 6.69. The smallest absolute Gasteiger partial charge is 0.281 e. The molecule has 1 unspecified atom stereocenters. The zero-order valence-electron chi connectivity index (χ0n) is 12.5. The molecule has 2 aliphatic rings. The van der Waals surface area contributed by atoms with Gasteiger partial charge < -0.3 is 0 Å². The van der Waals surface area contributed by atoms with Gasteiger partial charge in [0.15, 0.2) is 0 Å². The molecular weight excluding hydrogens is 288 g/mol. The summed E-state index contributed by atoms with van der Waals surface area (Å²) < 4.78 is 28.8. The molecule has 1 atom stereocenters. The predicted molar refractivity (Wildman–Crippen MR) is 81.0 cm³/mol. The molecule has 0 saturated carbocycles. The van der Waals surface area contributed by atoms with Gasteiger partial charge in [-0.3, -0.25) is 5.10 Å². The van der Waals surface area contributed by atoms with Crippen molar-refractivity contribution in [3.8, 4) is 0 Å². The maximum atomic E-state index is 12.7. The van der Waals surface area contributed by atoms with Gasteiger partial charge >= 0.3 is 0 Å². The minimum absolute atomic E-state index is 0.402. The molecule has 0 aromatic carbocycles. The highest BCUT2D eigenvalue weighted by molar-refractivity contribution is 7.86. The monoisotopic (exact) mass is 312 g/mol. The third kappa shape index (κ3) is 3.14. The number of aromatic amines is 1. The third-order valence-electron chi connectivity index (χ3n) is 4.69. The standard InChI is InChI=1S/C14H24N4O2S/c1-12-3-2-8-18(11-12)21(19,20)17-9-5-13(6-10-17)14-4-7-15-16-14/h4,7,12-13H,2-3,5-6,8-11H2,1H3,(H,15,16). The molecule has 3 rings (SSSR count). The van der Waals surface area contributed by atoms with Gasteiger partial charge in [-0.2, -0.15) is 22.1 Å². The van der Waals surface area contributed by atoms with Crippen LogP contribution >= 0.6 is 0 Å². The molecule has 2 fully saturated rings. The highest BCUT2D eigenvalue weighted by Crippen LogP contribution is 2.29. The Labute approximate surface area is 126 Å². The van der Waals surface area contributed by atoms with Gasteiger partial charge in [0.25, 0.3) is 10.2 Å². The number of H-pyrrole nitrogens is 1. The number of hydrogen-bond acceptors (Lipinski definition) is 3. The summed E-state index contributed by atoms with van der Waals surface area (Å²) in [6.45, 7) is 4.69. The molecule has 2 aliphatic heterocycles. The summed E-state index contributed by atoms with van der Waals surface area (Å²) in [6, 6.07) is 1.99. The zero-order chi connectivity index (χ0) is 14.9. The van der Waals surface area contributed by atoms with Crippen LogP contribution in [-0.2, 0) is 10.2 Å². The van der Waals surface area contributed by atoms with Crippen LogP contribution in [0.1, 0.15) is 44.2 Å². The normalized spacial score (nSPS) is 27.0. The molecule has 7 heteroatoms.